The molecule has 1 saturated carbocycles. The molecule has 2 fully saturated rings. The predicted molar refractivity (Wildman–Crippen MR) is 80.8 cm³/mol. The Labute approximate surface area is 121 Å². The molecule has 1 atom stereocenters. The molecule has 1 heterocycles. The molecular formula is C17H24N2O. The Morgan fingerprint density at radius 2 is 1.90 bits per heavy atom. The molecule has 1 aliphatic heterocycles. The SMILES string of the molecule is CN1CCC(NC(=O)c2ccccc2)C12CCCCC2. The van der Waals surface area contributed by atoms with E-state index in [0.29, 0.717) is 6.04 Å². The Morgan fingerprint density at radius 3 is 2.60 bits per heavy atom. The van der Waals surface area contributed by atoms with Crippen molar-refractivity contribution in [2.75, 3.05) is 13.6 Å². The molecule has 1 saturated heterocycles. The van der Waals surface area contributed by atoms with Crippen LogP contribution in [0.1, 0.15) is 48.9 Å². The van der Waals surface area contributed by atoms with Crippen molar-refractivity contribution in [2.45, 2.75) is 50.1 Å². The molecule has 20 heavy (non-hydrogen) atoms. The molecule has 3 nitrogen and oxygen atoms in total. The molecule has 3 heteroatoms. The van der Waals surface area contributed by atoms with Gasteiger partial charge in [-0.2, -0.15) is 0 Å². The summed E-state index contributed by atoms with van der Waals surface area (Å²) in [7, 11) is 2.22. The third kappa shape index (κ3) is 2.35. The maximum absolute atomic E-state index is 12.4. The topological polar surface area (TPSA) is 32.3 Å². The lowest BCUT2D eigenvalue weighted by atomic mass is 9.77. The van der Waals surface area contributed by atoms with Gasteiger partial charge in [-0.25, -0.2) is 0 Å². The number of likely N-dealkylation sites (tertiary alicyclic amines) is 1. The summed E-state index contributed by atoms with van der Waals surface area (Å²) in [5.41, 5.74) is 0.982. The standard InChI is InChI=1S/C17H24N2O/c1-19-13-10-15(17(19)11-6-3-7-12-17)18-16(20)14-8-4-2-5-9-14/h2,4-5,8-9,15H,3,6-7,10-13H2,1H3,(H,18,20). The van der Waals surface area contributed by atoms with E-state index in [0.717, 1.165) is 18.5 Å². The minimum absolute atomic E-state index is 0.0795. The minimum Gasteiger partial charge on any atom is -0.347 e. The van der Waals surface area contributed by atoms with Gasteiger partial charge in [-0.05, 0) is 38.4 Å². The van der Waals surface area contributed by atoms with Crippen LogP contribution in [0, 0.1) is 0 Å². The Kier molecular flexibility index (Phi) is 3.79. The van der Waals surface area contributed by atoms with E-state index in [1.54, 1.807) is 0 Å². The van der Waals surface area contributed by atoms with Gasteiger partial charge in [-0.3, -0.25) is 9.69 Å². The second-order valence-electron chi connectivity index (χ2n) is 6.27. The van der Waals surface area contributed by atoms with E-state index in [1.807, 2.05) is 30.3 Å². The average Bonchev–Trinajstić information content (AvgIpc) is 2.78. The number of carbonyl (C=O) groups excluding carboxylic acids is 1. The fourth-order valence-corrected chi connectivity index (χ4v) is 4.01. The van der Waals surface area contributed by atoms with E-state index in [-0.39, 0.29) is 11.4 Å². The van der Waals surface area contributed by atoms with Crippen LogP contribution in [0.3, 0.4) is 0 Å². The van der Waals surface area contributed by atoms with Crippen molar-refractivity contribution in [3.63, 3.8) is 0 Å². The van der Waals surface area contributed by atoms with Crippen LogP contribution in [-0.2, 0) is 0 Å². The number of nitrogens with zero attached hydrogens (tertiary/aromatic N) is 1. The van der Waals surface area contributed by atoms with Crippen LogP contribution in [0.5, 0.6) is 0 Å². The first-order valence-electron chi connectivity index (χ1n) is 7.79. The van der Waals surface area contributed by atoms with Crippen LogP contribution >= 0.6 is 0 Å². The van der Waals surface area contributed by atoms with E-state index >= 15 is 0 Å². The second-order valence-corrected chi connectivity index (χ2v) is 6.27. The second kappa shape index (κ2) is 5.57. The highest BCUT2D eigenvalue weighted by Crippen LogP contribution is 2.40. The van der Waals surface area contributed by atoms with E-state index in [4.69, 9.17) is 0 Å². The minimum atomic E-state index is 0.0795. The third-order valence-corrected chi connectivity index (χ3v) is 5.22. The number of amides is 1. The molecule has 3 rings (SSSR count). The summed E-state index contributed by atoms with van der Waals surface area (Å²) in [6.07, 6.45) is 7.46. The summed E-state index contributed by atoms with van der Waals surface area (Å²) < 4.78 is 0. The molecule has 1 unspecified atom stereocenters. The molecule has 0 aromatic heterocycles. The van der Waals surface area contributed by atoms with Crippen molar-refractivity contribution in [1.29, 1.82) is 0 Å². The fourth-order valence-electron chi connectivity index (χ4n) is 4.01. The quantitative estimate of drug-likeness (QED) is 0.898. The number of rotatable bonds is 2. The molecule has 0 radical (unpaired) electrons. The van der Waals surface area contributed by atoms with Gasteiger partial charge < -0.3 is 5.32 Å². The van der Waals surface area contributed by atoms with Gasteiger partial charge in [0.15, 0.2) is 0 Å². The summed E-state index contributed by atoms with van der Waals surface area (Å²) in [5.74, 6) is 0.0795. The largest absolute Gasteiger partial charge is 0.347 e. The normalized spacial score (nSPS) is 25.8. The smallest absolute Gasteiger partial charge is 0.251 e. The number of hydrogen-bond acceptors (Lipinski definition) is 2. The van der Waals surface area contributed by atoms with Crippen molar-refractivity contribution in [1.82, 2.24) is 10.2 Å². The number of hydrogen-bond donors (Lipinski definition) is 1. The zero-order chi connectivity index (χ0) is 14.0. The Morgan fingerprint density at radius 1 is 1.20 bits per heavy atom. The van der Waals surface area contributed by atoms with E-state index in [1.165, 1.54) is 32.1 Å². The molecule has 1 aliphatic carbocycles. The molecule has 108 valence electrons. The van der Waals surface area contributed by atoms with Crippen LogP contribution in [-0.4, -0.2) is 36.0 Å². The first kappa shape index (κ1) is 13.6. The summed E-state index contributed by atoms with van der Waals surface area (Å²) in [6, 6.07) is 9.88. The van der Waals surface area contributed by atoms with Crippen molar-refractivity contribution in [3.05, 3.63) is 35.9 Å². The van der Waals surface area contributed by atoms with Crippen molar-refractivity contribution in [2.24, 2.45) is 0 Å². The molecule has 1 aromatic carbocycles. The number of carbonyl (C=O) groups is 1. The molecule has 1 aromatic rings. The first-order valence-corrected chi connectivity index (χ1v) is 7.79. The monoisotopic (exact) mass is 272 g/mol. The Balaban J connectivity index is 1.74. The van der Waals surface area contributed by atoms with Crippen molar-refractivity contribution < 1.29 is 4.79 Å². The number of benzene rings is 1. The van der Waals surface area contributed by atoms with Gasteiger partial charge >= 0.3 is 0 Å². The van der Waals surface area contributed by atoms with Crippen molar-refractivity contribution >= 4 is 5.91 Å². The van der Waals surface area contributed by atoms with E-state index in [2.05, 4.69) is 17.3 Å². The summed E-state index contributed by atoms with van der Waals surface area (Å²) >= 11 is 0. The van der Waals surface area contributed by atoms with Crippen LogP contribution in [0.2, 0.25) is 0 Å². The highest BCUT2D eigenvalue weighted by Gasteiger charge is 2.47. The lowest BCUT2D eigenvalue weighted by Crippen LogP contribution is -2.56. The van der Waals surface area contributed by atoms with Gasteiger partial charge in [0.2, 0.25) is 0 Å². The molecule has 0 bridgehead atoms. The van der Waals surface area contributed by atoms with Gasteiger partial charge in [0.1, 0.15) is 0 Å². The van der Waals surface area contributed by atoms with E-state index in [9.17, 15) is 4.79 Å². The summed E-state index contributed by atoms with van der Waals surface area (Å²) in [6.45, 7) is 1.10. The zero-order valence-electron chi connectivity index (χ0n) is 12.3. The first-order chi connectivity index (χ1) is 9.72. The fraction of sp³-hybridized carbons (Fsp3) is 0.588. The lowest BCUT2D eigenvalue weighted by molar-refractivity contribution is 0.0764. The van der Waals surface area contributed by atoms with Gasteiger partial charge in [0.25, 0.3) is 5.91 Å². The highest BCUT2D eigenvalue weighted by molar-refractivity contribution is 5.94. The Hall–Kier alpha value is -1.35. The van der Waals surface area contributed by atoms with Gasteiger partial charge in [-0.15, -0.1) is 0 Å². The molecule has 2 aliphatic rings. The predicted octanol–water partition coefficient (Wildman–Crippen LogP) is 2.82. The number of nitrogens with one attached hydrogen (secondary N) is 1. The van der Waals surface area contributed by atoms with Crippen LogP contribution in [0.15, 0.2) is 30.3 Å². The van der Waals surface area contributed by atoms with Gasteiger partial charge in [-0.1, -0.05) is 37.5 Å². The maximum atomic E-state index is 12.4. The molecule has 1 N–H and O–H groups in total. The summed E-state index contributed by atoms with van der Waals surface area (Å²) in [4.78, 5) is 14.9. The Bertz CT molecular complexity index is 465. The molecular weight excluding hydrogens is 248 g/mol. The molecule has 1 spiro atoms. The van der Waals surface area contributed by atoms with Crippen LogP contribution in [0.25, 0.3) is 0 Å². The number of likely N-dealkylation sites (N-methyl/N-ethyl adjacent to an activating group) is 1. The average molecular weight is 272 g/mol. The summed E-state index contributed by atoms with van der Waals surface area (Å²) in [5, 5.41) is 3.31. The molecule has 1 amide bonds. The third-order valence-electron chi connectivity index (χ3n) is 5.22. The highest BCUT2D eigenvalue weighted by atomic mass is 16.1. The maximum Gasteiger partial charge on any atom is 0.251 e. The van der Waals surface area contributed by atoms with Crippen LogP contribution in [0.4, 0.5) is 0 Å². The lowest BCUT2D eigenvalue weighted by Gasteiger charge is -2.44. The van der Waals surface area contributed by atoms with E-state index < -0.39 is 0 Å². The van der Waals surface area contributed by atoms with Gasteiger partial charge in [0, 0.05) is 23.7 Å². The van der Waals surface area contributed by atoms with Crippen molar-refractivity contribution in [3.8, 4) is 0 Å². The van der Waals surface area contributed by atoms with Gasteiger partial charge in [0.05, 0.1) is 0 Å². The zero-order valence-corrected chi connectivity index (χ0v) is 12.3. The van der Waals surface area contributed by atoms with Crippen LogP contribution < -0.4 is 5.32 Å².